The highest BCUT2D eigenvalue weighted by molar-refractivity contribution is 9.10. The molecule has 0 saturated heterocycles. The van der Waals surface area contributed by atoms with Crippen LogP contribution in [0.5, 0.6) is 0 Å². The molecular weight excluding hydrogens is 312 g/mol. The molecule has 1 aromatic heterocycles. The summed E-state index contributed by atoms with van der Waals surface area (Å²) in [6.45, 7) is 3.15. The van der Waals surface area contributed by atoms with Crippen LogP contribution in [0.3, 0.4) is 0 Å². The van der Waals surface area contributed by atoms with E-state index in [4.69, 9.17) is 0 Å². The summed E-state index contributed by atoms with van der Waals surface area (Å²) >= 11 is 3.60. The number of para-hydroxylation sites is 1. The monoisotopic (exact) mass is 332 g/mol. The summed E-state index contributed by atoms with van der Waals surface area (Å²) < 4.78 is 1.07. The van der Waals surface area contributed by atoms with Crippen molar-refractivity contribution in [1.29, 1.82) is 0 Å². The van der Waals surface area contributed by atoms with E-state index in [0.29, 0.717) is 0 Å². The normalized spacial score (nSPS) is 16.5. The van der Waals surface area contributed by atoms with Gasteiger partial charge < -0.3 is 5.32 Å². The van der Waals surface area contributed by atoms with Crippen molar-refractivity contribution in [3.05, 3.63) is 34.4 Å². The minimum absolute atomic E-state index is 0.833. The molecule has 0 bridgehead atoms. The van der Waals surface area contributed by atoms with Crippen LogP contribution in [-0.2, 0) is 0 Å². The Labute approximate surface area is 129 Å². The van der Waals surface area contributed by atoms with Gasteiger partial charge in [-0.3, -0.25) is 4.98 Å². The molecule has 0 amide bonds. The summed E-state index contributed by atoms with van der Waals surface area (Å²) in [5.41, 5.74) is 3.34. The molecular formula is C17H21BrN2. The van der Waals surface area contributed by atoms with E-state index in [1.807, 2.05) is 0 Å². The highest BCUT2D eigenvalue weighted by Gasteiger charge is 2.14. The van der Waals surface area contributed by atoms with Crippen LogP contribution in [0, 0.1) is 12.8 Å². The number of rotatable bonds is 3. The minimum atomic E-state index is 0.833. The van der Waals surface area contributed by atoms with Crippen molar-refractivity contribution in [3.8, 4) is 0 Å². The minimum Gasteiger partial charge on any atom is -0.384 e. The van der Waals surface area contributed by atoms with E-state index in [1.54, 1.807) is 0 Å². The standard InChI is InChI=1S/C17H21BrN2/c1-12-10-16(19-11-13-6-3-2-4-7-13)14-8-5-9-15(18)17(14)20-12/h5,8-10,13H,2-4,6-7,11H2,1H3,(H,19,20). The second-order valence-corrected chi connectivity index (χ2v) is 6.69. The lowest BCUT2D eigenvalue weighted by atomic mass is 9.89. The number of benzene rings is 1. The first-order valence-corrected chi connectivity index (χ1v) is 8.33. The Morgan fingerprint density at radius 1 is 1.25 bits per heavy atom. The number of nitrogens with zero attached hydrogens (tertiary/aromatic N) is 1. The molecule has 2 aromatic rings. The molecule has 1 aliphatic rings. The average Bonchev–Trinajstić information content (AvgIpc) is 2.47. The predicted octanol–water partition coefficient (Wildman–Crippen LogP) is 5.30. The Hall–Kier alpha value is -1.09. The van der Waals surface area contributed by atoms with E-state index in [1.165, 1.54) is 43.2 Å². The Bertz CT molecular complexity index is 603. The van der Waals surface area contributed by atoms with Gasteiger partial charge in [0.25, 0.3) is 0 Å². The molecule has 2 nitrogen and oxygen atoms in total. The third-order valence-corrected chi connectivity index (χ3v) is 4.86. The number of hydrogen-bond acceptors (Lipinski definition) is 2. The number of nitrogens with one attached hydrogen (secondary N) is 1. The van der Waals surface area contributed by atoms with Crippen molar-refractivity contribution in [3.63, 3.8) is 0 Å². The van der Waals surface area contributed by atoms with E-state index >= 15 is 0 Å². The molecule has 20 heavy (non-hydrogen) atoms. The van der Waals surface area contributed by atoms with Crippen molar-refractivity contribution in [2.24, 2.45) is 5.92 Å². The third-order valence-electron chi connectivity index (χ3n) is 4.22. The van der Waals surface area contributed by atoms with Crippen LogP contribution in [0.15, 0.2) is 28.7 Å². The Balaban J connectivity index is 1.85. The average molecular weight is 333 g/mol. The SMILES string of the molecule is Cc1cc(NCC2CCCCC2)c2cccc(Br)c2n1. The predicted molar refractivity (Wildman–Crippen MR) is 89.2 cm³/mol. The number of fused-ring (bicyclic) bond motifs is 1. The molecule has 0 radical (unpaired) electrons. The smallest absolute Gasteiger partial charge is 0.0867 e. The summed E-state index contributed by atoms with van der Waals surface area (Å²) in [5.74, 6) is 0.833. The van der Waals surface area contributed by atoms with Crippen LogP contribution in [0.2, 0.25) is 0 Å². The number of anilines is 1. The van der Waals surface area contributed by atoms with Gasteiger partial charge in [0.2, 0.25) is 0 Å². The maximum Gasteiger partial charge on any atom is 0.0867 e. The third kappa shape index (κ3) is 2.98. The topological polar surface area (TPSA) is 24.9 Å². The van der Waals surface area contributed by atoms with Gasteiger partial charge in [-0.05, 0) is 53.7 Å². The van der Waals surface area contributed by atoms with Crippen LogP contribution < -0.4 is 5.32 Å². The second-order valence-electron chi connectivity index (χ2n) is 5.83. The van der Waals surface area contributed by atoms with E-state index in [9.17, 15) is 0 Å². The fourth-order valence-corrected chi connectivity index (χ4v) is 3.59. The van der Waals surface area contributed by atoms with E-state index in [0.717, 1.165) is 28.1 Å². The number of hydrogen-bond donors (Lipinski definition) is 1. The van der Waals surface area contributed by atoms with Gasteiger partial charge in [0.05, 0.1) is 5.52 Å². The van der Waals surface area contributed by atoms with Gasteiger partial charge in [-0.1, -0.05) is 31.4 Å². The zero-order chi connectivity index (χ0) is 13.9. The lowest BCUT2D eigenvalue weighted by Gasteiger charge is -2.23. The van der Waals surface area contributed by atoms with Gasteiger partial charge in [0.1, 0.15) is 0 Å². The lowest BCUT2D eigenvalue weighted by molar-refractivity contribution is 0.373. The maximum atomic E-state index is 4.64. The molecule has 0 spiro atoms. The van der Waals surface area contributed by atoms with E-state index in [2.05, 4.69) is 57.4 Å². The van der Waals surface area contributed by atoms with Crippen LogP contribution in [0.1, 0.15) is 37.8 Å². The van der Waals surface area contributed by atoms with Crippen molar-refractivity contribution in [1.82, 2.24) is 4.98 Å². The first kappa shape index (κ1) is 13.9. The Morgan fingerprint density at radius 2 is 2.05 bits per heavy atom. The molecule has 1 saturated carbocycles. The number of aromatic nitrogens is 1. The van der Waals surface area contributed by atoms with Crippen molar-refractivity contribution in [2.75, 3.05) is 11.9 Å². The van der Waals surface area contributed by atoms with Gasteiger partial charge in [0.15, 0.2) is 0 Å². The highest BCUT2D eigenvalue weighted by atomic mass is 79.9. The first-order chi connectivity index (χ1) is 9.74. The number of pyridine rings is 1. The summed E-state index contributed by atoms with van der Waals surface area (Å²) in [6, 6.07) is 8.45. The molecule has 0 unspecified atom stereocenters. The van der Waals surface area contributed by atoms with Crippen LogP contribution in [0.4, 0.5) is 5.69 Å². The summed E-state index contributed by atoms with van der Waals surface area (Å²) in [6.07, 6.45) is 6.96. The van der Waals surface area contributed by atoms with E-state index in [-0.39, 0.29) is 0 Å². The quantitative estimate of drug-likeness (QED) is 0.825. The largest absolute Gasteiger partial charge is 0.384 e. The first-order valence-electron chi connectivity index (χ1n) is 7.54. The fourth-order valence-electron chi connectivity index (χ4n) is 3.13. The van der Waals surface area contributed by atoms with Gasteiger partial charge >= 0.3 is 0 Å². The van der Waals surface area contributed by atoms with E-state index < -0.39 is 0 Å². The summed E-state index contributed by atoms with van der Waals surface area (Å²) in [5, 5.41) is 4.87. The zero-order valence-electron chi connectivity index (χ0n) is 12.0. The maximum absolute atomic E-state index is 4.64. The number of halogens is 1. The molecule has 1 N–H and O–H groups in total. The van der Waals surface area contributed by atoms with Gasteiger partial charge in [-0.15, -0.1) is 0 Å². The Kier molecular flexibility index (Phi) is 4.25. The fraction of sp³-hybridized carbons (Fsp3) is 0.471. The summed E-state index contributed by atoms with van der Waals surface area (Å²) in [7, 11) is 0. The molecule has 1 aromatic carbocycles. The molecule has 1 fully saturated rings. The highest BCUT2D eigenvalue weighted by Crippen LogP contribution is 2.30. The Morgan fingerprint density at radius 3 is 2.85 bits per heavy atom. The summed E-state index contributed by atoms with van der Waals surface area (Å²) in [4.78, 5) is 4.64. The molecule has 106 valence electrons. The molecule has 1 heterocycles. The van der Waals surface area contributed by atoms with Crippen LogP contribution >= 0.6 is 15.9 Å². The van der Waals surface area contributed by atoms with Gasteiger partial charge in [-0.2, -0.15) is 0 Å². The lowest BCUT2D eigenvalue weighted by Crippen LogP contribution is -2.17. The molecule has 3 rings (SSSR count). The van der Waals surface area contributed by atoms with Crippen LogP contribution in [-0.4, -0.2) is 11.5 Å². The molecule has 1 aliphatic carbocycles. The molecule has 3 heteroatoms. The second kappa shape index (κ2) is 6.13. The van der Waals surface area contributed by atoms with Crippen molar-refractivity contribution < 1.29 is 0 Å². The van der Waals surface area contributed by atoms with Crippen LogP contribution in [0.25, 0.3) is 10.9 Å². The van der Waals surface area contributed by atoms with Crippen molar-refractivity contribution >= 4 is 32.5 Å². The zero-order valence-corrected chi connectivity index (χ0v) is 13.5. The van der Waals surface area contributed by atoms with Gasteiger partial charge in [-0.25, -0.2) is 0 Å². The molecule has 0 atom stereocenters. The number of aryl methyl sites for hydroxylation is 1. The molecule has 0 aliphatic heterocycles. The van der Waals surface area contributed by atoms with Crippen molar-refractivity contribution in [2.45, 2.75) is 39.0 Å². The van der Waals surface area contributed by atoms with Gasteiger partial charge in [0, 0.05) is 27.8 Å².